The number of aryl methyl sites for hydroxylation is 1. The number of sulfonamides is 1. The summed E-state index contributed by atoms with van der Waals surface area (Å²) in [6, 6.07) is 1.04. The van der Waals surface area contributed by atoms with Crippen LogP contribution in [0, 0.1) is 0 Å². The van der Waals surface area contributed by atoms with Gasteiger partial charge < -0.3 is 9.47 Å². The molecule has 0 spiro atoms. The molecule has 0 radical (unpaired) electrons. The highest BCUT2D eigenvalue weighted by molar-refractivity contribution is 7.89. The molecular formula is C17H21F3N6O2S. The summed E-state index contributed by atoms with van der Waals surface area (Å²) in [6.45, 7) is 0.556. The second-order valence-corrected chi connectivity index (χ2v) is 9.19. The van der Waals surface area contributed by atoms with Gasteiger partial charge in [-0.05, 0) is 25.7 Å². The largest absolute Gasteiger partial charge is 0.433 e. The van der Waals surface area contributed by atoms with E-state index in [1.54, 1.807) is 13.2 Å². The third-order valence-corrected chi connectivity index (χ3v) is 7.21. The highest BCUT2D eigenvalue weighted by Gasteiger charge is 2.40. The van der Waals surface area contributed by atoms with Crippen molar-refractivity contribution in [1.82, 2.24) is 23.8 Å². The van der Waals surface area contributed by atoms with E-state index in [0.717, 1.165) is 25.2 Å². The van der Waals surface area contributed by atoms with Gasteiger partial charge in [0.25, 0.3) is 10.0 Å². The molecule has 0 atom stereocenters. The van der Waals surface area contributed by atoms with Crippen LogP contribution in [0.3, 0.4) is 0 Å². The number of piperidine rings is 1. The number of hydrogen-bond acceptors (Lipinski definition) is 6. The van der Waals surface area contributed by atoms with Crippen molar-refractivity contribution in [3.8, 4) is 0 Å². The van der Waals surface area contributed by atoms with Gasteiger partial charge in [0.05, 0.1) is 0 Å². The molecule has 0 amide bonds. The van der Waals surface area contributed by atoms with E-state index in [9.17, 15) is 21.6 Å². The van der Waals surface area contributed by atoms with Crippen molar-refractivity contribution in [3.05, 3.63) is 30.5 Å². The molecule has 4 rings (SSSR count). The van der Waals surface area contributed by atoms with E-state index in [2.05, 4.69) is 15.0 Å². The first-order valence-electron chi connectivity index (χ1n) is 9.33. The standard InChI is InChI=1S/C17H21F3N6O2S/c1-24-9-6-21-16(24)29(27,28)25-7-4-13(5-8-25)26(12-2-3-12)15-10-14(17(18,19)20)22-11-23-15/h6,9-13H,2-5,7-8H2,1H3. The van der Waals surface area contributed by atoms with Gasteiger partial charge in [-0.2, -0.15) is 17.5 Å². The number of rotatable bonds is 5. The molecule has 0 aromatic carbocycles. The number of alkyl halides is 3. The number of anilines is 1. The van der Waals surface area contributed by atoms with Crippen LogP contribution >= 0.6 is 0 Å². The van der Waals surface area contributed by atoms with Gasteiger partial charge in [0.1, 0.15) is 17.8 Å². The molecule has 2 aliphatic rings. The van der Waals surface area contributed by atoms with E-state index >= 15 is 0 Å². The quantitative estimate of drug-likeness (QED) is 0.722. The monoisotopic (exact) mass is 430 g/mol. The Hall–Kier alpha value is -2.21. The molecule has 12 heteroatoms. The molecule has 2 fully saturated rings. The van der Waals surface area contributed by atoms with E-state index in [1.807, 2.05) is 4.90 Å². The third-order valence-electron chi connectivity index (χ3n) is 5.31. The number of halogens is 3. The summed E-state index contributed by atoms with van der Waals surface area (Å²) in [5.41, 5.74) is -0.969. The van der Waals surface area contributed by atoms with E-state index in [-0.39, 0.29) is 36.1 Å². The predicted molar refractivity (Wildman–Crippen MR) is 97.5 cm³/mol. The average molecular weight is 430 g/mol. The maximum absolute atomic E-state index is 13.0. The molecule has 0 N–H and O–H groups in total. The van der Waals surface area contributed by atoms with Crippen LogP contribution in [-0.4, -0.2) is 57.4 Å². The molecule has 8 nitrogen and oxygen atoms in total. The maximum atomic E-state index is 13.0. The summed E-state index contributed by atoms with van der Waals surface area (Å²) < 4.78 is 67.6. The van der Waals surface area contributed by atoms with Gasteiger partial charge in [-0.15, -0.1) is 0 Å². The normalized spacial score (nSPS) is 19.4. The van der Waals surface area contributed by atoms with Crippen LogP contribution in [0.4, 0.5) is 19.0 Å². The van der Waals surface area contributed by atoms with Crippen LogP contribution in [0.15, 0.2) is 29.9 Å². The molecule has 1 aliphatic carbocycles. The zero-order valence-corrected chi connectivity index (χ0v) is 16.6. The molecule has 0 bridgehead atoms. The van der Waals surface area contributed by atoms with Gasteiger partial charge in [-0.3, -0.25) is 0 Å². The predicted octanol–water partition coefficient (Wildman–Crippen LogP) is 2.05. The van der Waals surface area contributed by atoms with Crippen LogP contribution < -0.4 is 4.90 Å². The molecule has 1 saturated heterocycles. The second kappa shape index (κ2) is 7.24. The van der Waals surface area contributed by atoms with E-state index in [1.165, 1.54) is 15.1 Å². The van der Waals surface area contributed by atoms with Gasteiger partial charge in [0, 0.05) is 50.7 Å². The van der Waals surface area contributed by atoms with Gasteiger partial charge in [-0.25, -0.2) is 23.4 Å². The van der Waals surface area contributed by atoms with Crippen LogP contribution in [0.1, 0.15) is 31.4 Å². The van der Waals surface area contributed by atoms with Crippen molar-refractivity contribution in [2.75, 3.05) is 18.0 Å². The topological polar surface area (TPSA) is 84.2 Å². The number of imidazole rings is 1. The molecule has 29 heavy (non-hydrogen) atoms. The molecule has 1 aliphatic heterocycles. The van der Waals surface area contributed by atoms with E-state index in [4.69, 9.17) is 0 Å². The Morgan fingerprint density at radius 3 is 2.28 bits per heavy atom. The average Bonchev–Trinajstić information content (AvgIpc) is 3.41. The molecule has 2 aromatic heterocycles. The highest BCUT2D eigenvalue weighted by Crippen LogP contribution is 2.37. The maximum Gasteiger partial charge on any atom is 0.433 e. The zero-order valence-electron chi connectivity index (χ0n) is 15.7. The minimum absolute atomic E-state index is 0.0133. The molecule has 0 unspecified atom stereocenters. The Morgan fingerprint density at radius 2 is 1.72 bits per heavy atom. The van der Waals surface area contributed by atoms with Gasteiger partial charge in [0.2, 0.25) is 5.16 Å². The number of hydrogen-bond donors (Lipinski definition) is 0. The smallest absolute Gasteiger partial charge is 0.350 e. The minimum atomic E-state index is -4.54. The zero-order chi connectivity index (χ0) is 20.8. The second-order valence-electron chi connectivity index (χ2n) is 7.35. The number of nitrogens with zero attached hydrogens (tertiary/aromatic N) is 6. The first-order chi connectivity index (χ1) is 13.7. The van der Waals surface area contributed by atoms with Gasteiger partial charge >= 0.3 is 6.18 Å². The molecule has 1 saturated carbocycles. The molecular weight excluding hydrogens is 409 g/mol. The fourth-order valence-corrected chi connectivity index (χ4v) is 5.29. The summed E-state index contributed by atoms with van der Waals surface area (Å²) in [5.74, 6) is 0.250. The molecule has 158 valence electrons. The van der Waals surface area contributed by atoms with Gasteiger partial charge in [0.15, 0.2) is 0 Å². The Balaban J connectivity index is 1.52. The minimum Gasteiger partial charge on any atom is -0.350 e. The summed E-state index contributed by atoms with van der Waals surface area (Å²) in [7, 11) is -2.08. The summed E-state index contributed by atoms with van der Waals surface area (Å²) in [6.07, 6.45) is 2.19. The summed E-state index contributed by atoms with van der Waals surface area (Å²) in [5, 5.41) is -0.0133. The Kier molecular flexibility index (Phi) is 5.01. The lowest BCUT2D eigenvalue weighted by Gasteiger charge is -2.38. The first kappa shape index (κ1) is 20.1. The van der Waals surface area contributed by atoms with Crippen LogP contribution in [0.2, 0.25) is 0 Å². The van der Waals surface area contributed by atoms with Crippen molar-refractivity contribution in [1.29, 1.82) is 0 Å². The fourth-order valence-electron chi connectivity index (χ4n) is 3.74. The highest BCUT2D eigenvalue weighted by atomic mass is 32.2. The Labute approximate surface area is 166 Å². The van der Waals surface area contributed by atoms with E-state index in [0.29, 0.717) is 12.8 Å². The molecule has 2 aromatic rings. The third kappa shape index (κ3) is 3.95. The summed E-state index contributed by atoms with van der Waals surface area (Å²) in [4.78, 5) is 13.3. The van der Waals surface area contributed by atoms with Crippen molar-refractivity contribution < 1.29 is 21.6 Å². The number of aromatic nitrogens is 4. The lowest BCUT2D eigenvalue weighted by atomic mass is 10.0. The van der Waals surface area contributed by atoms with Crippen LogP contribution in [-0.2, 0) is 23.2 Å². The summed E-state index contributed by atoms with van der Waals surface area (Å²) >= 11 is 0. The van der Waals surface area contributed by atoms with Crippen molar-refractivity contribution in [2.24, 2.45) is 7.05 Å². The van der Waals surface area contributed by atoms with Gasteiger partial charge in [-0.1, -0.05) is 0 Å². The first-order valence-corrected chi connectivity index (χ1v) is 10.8. The molecule has 3 heterocycles. The van der Waals surface area contributed by atoms with E-state index < -0.39 is 21.9 Å². The van der Waals surface area contributed by atoms with Crippen molar-refractivity contribution in [3.63, 3.8) is 0 Å². The Bertz CT molecular complexity index is 981. The van der Waals surface area contributed by atoms with Crippen LogP contribution in [0.5, 0.6) is 0 Å². The SMILES string of the molecule is Cn1ccnc1S(=O)(=O)N1CCC(N(c2cc(C(F)(F)F)ncn2)C2CC2)CC1. The van der Waals surface area contributed by atoms with Crippen LogP contribution in [0.25, 0.3) is 0 Å². The Morgan fingerprint density at radius 1 is 1.07 bits per heavy atom. The lowest BCUT2D eigenvalue weighted by Crippen LogP contribution is -2.48. The lowest BCUT2D eigenvalue weighted by molar-refractivity contribution is -0.141. The van der Waals surface area contributed by atoms with Crippen molar-refractivity contribution in [2.45, 2.75) is 49.1 Å². The van der Waals surface area contributed by atoms with Crippen molar-refractivity contribution >= 4 is 15.8 Å². The fraction of sp³-hybridized carbons (Fsp3) is 0.588.